The molecule has 10 atom stereocenters. The number of nitrogens with zero attached hydrogens (tertiary/aromatic N) is 3. The Kier molecular flexibility index (Phi) is 16.0. The van der Waals surface area contributed by atoms with Crippen LogP contribution >= 0.6 is 0 Å². The van der Waals surface area contributed by atoms with Gasteiger partial charge in [-0.25, -0.2) is 4.79 Å². The highest BCUT2D eigenvalue weighted by atomic mass is 16.8. The molecule has 2 saturated heterocycles. The number of benzene rings is 3. The first kappa shape index (κ1) is 43.7. The van der Waals surface area contributed by atoms with E-state index in [1.54, 1.807) is 34.6 Å². The maximum atomic E-state index is 13.6. The molecule has 3 aromatic carbocycles. The Hall–Kier alpha value is -4.41. The molecule has 0 bridgehead atoms. The summed E-state index contributed by atoms with van der Waals surface area (Å²) in [4.78, 5) is 30.2. The highest BCUT2D eigenvalue weighted by molar-refractivity contribution is 5.77. The number of carbonyl (C=O) groups excluding carboxylic acids is 2. The van der Waals surface area contributed by atoms with E-state index in [0.29, 0.717) is 0 Å². The van der Waals surface area contributed by atoms with Gasteiger partial charge in [-0.2, -0.15) is 0 Å². The smallest absolute Gasteiger partial charge is 0.337 e. The predicted octanol–water partition coefficient (Wildman–Crippen LogP) is 5.80. The van der Waals surface area contributed by atoms with Crippen molar-refractivity contribution in [3.8, 4) is 0 Å². The topological polar surface area (TPSA) is 186 Å². The quantitative estimate of drug-likeness (QED) is 0.0750. The molecule has 1 N–H and O–H groups in total. The van der Waals surface area contributed by atoms with Crippen molar-refractivity contribution < 1.29 is 57.3 Å². The average Bonchev–Trinajstić information content (AvgIpc) is 3.20. The SMILES string of the molecule is COC(=O)[C@@H]1OC(OC(C)C)[C@H](OC(=O)C(C)(C)C)[C@@H](OCc2ccccc2)[C@@H]1O[C@H]1O[C@H](COCc2ccccc2)[C@@H](O)[C@H](OCc2ccccc2)[C@H]1N=[N+]=[N-]. The fourth-order valence-electron chi connectivity index (χ4n) is 6.34. The van der Waals surface area contributed by atoms with Gasteiger partial charge >= 0.3 is 11.9 Å². The second-order valence-electron chi connectivity index (χ2n) is 15.1. The number of aliphatic hydroxyl groups is 1. The first-order valence-electron chi connectivity index (χ1n) is 18.9. The van der Waals surface area contributed by atoms with Crippen LogP contribution in [0.15, 0.2) is 96.1 Å². The number of rotatable bonds is 17. The van der Waals surface area contributed by atoms with Crippen molar-refractivity contribution in [2.75, 3.05) is 13.7 Å². The zero-order chi connectivity index (χ0) is 41.0. The van der Waals surface area contributed by atoms with E-state index in [1.807, 2.05) is 91.0 Å². The molecule has 2 aliphatic heterocycles. The summed E-state index contributed by atoms with van der Waals surface area (Å²) in [5.74, 6) is -1.44. The Morgan fingerprint density at radius 1 is 0.789 bits per heavy atom. The van der Waals surface area contributed by atoms with E-state index >= 15 is 0 Å². The van der Waals surface area contributed by atoms with Crippen LogP contribution in [0.5, 0.6) is 0 Å². The molecule has 0 saturated carbocycles. The number of ether oxygens (including phenoxy) is 9. The molecule has 15 heteroatoms. The molecule has 2 heterocycles. The molecular weight excluding hydrogens is 738 g/mol. The molecule has 0 spiro atoms. The van der Waals surface area contributed by atoms with Crippen LogP contribution in [0.1, 0.15) is 51.3 Å². The van der Waals surface area contributed by atoms with E-state index in [0.717, 1.165) is 16.7 Å². The van der Waals surface area contributed by atoms with E-state index in [1.165, 1.54) is 7.11 Å². The highest BCUT2D eigenvalue weighted by Gasteiger charge is 2.57. The van der Waals surface area contributed by atoms with Crippen molar-refractivity contribution in [1.82, 2.24) is 0 Å². The predicted molar refractivity (Wildman–Crippen MR) is 205 cm³/mol. The van der Waals surface area contributed by atoms with E-state index in [-0.39, 0.29) is 26.4 Å². The Bertz CT molecular complexity index is 1740. The highest BCUT2D eigenvalue weighted by Crippen LogP contribution is 2.36. The monoisotopic (exact) mass is 791 g/mol. The number of azide groups is 1. The first-order chi connectivity index (χ1) is 27.4. The van der Waals surface area contributed by atoms with Gasteiger partial charge in [-0.05, 0) is 56.8 Å². The molecule has 2 aliphatic rings. The summed E-state index contributed by atoms with van der Waals surface area (Å²) in [7, 11) is 1.19. The molecule has 0 radical (unpaired) electrons. The number of carbonyl (C=O) groups is 2. The normalized spacial score (nSPS) is 27.6. The van der Waals surface area contributed by atoms with E-state index in [2.05, 4.69) is 10.0 Å². The van der Waals surface area contributed by atoms with Crippen molar-refractivity contribution in [3.05, 3.63) is 118 Å². The minimum Gasteiger partial charge on any atom is -0.467 e. The van der Waals surface area contributed by atoms with Gasteiger partial charge in [0.1, 0.15) is 30.5 Å². The molecule has 5 rings (SSSR count). The van der Waals surface area contributed by atoms with Crippen LogP contribution in [-0.4, -0.2) is 98.2 Å². The lowest BCUT2D eigenvalue weighted by molar-refractivity contribution is -0.351. The van der Waals surface area contributed by atoms with Gasteiger partial charge in [0, 0.05) is 4.91 Å². The summed E-state index contributed by atoms with van der Waals surface area (Å²) in [6.45, 7) is 8.77. The largest absolute Gasteiger partial charge is 0.467 e. The summed E-state index contributed by atoms with van der Waals surface area (Å²) in [5, 5.41) is 15.7. The molecule has 0 aromatic heterocycles. The lowest BCUT2D eigenvalue weighted by atomic mass is 9.94. The minimum absolute atomic E-state index is 0.00000368. The molecule has 57 heavy (non-hydrogen) atoms. The van der Waals surface area contributed by atoms with Crippen LogP contribution in [0.3, 0.4) is 0 Å². The Morgan fingerprint density at radius 3 is 1.84 bits per heavy atom. The average molecular weight is 792 g/mol. The van der Waals surface area contributed by atoms with E-state index in [9.17, 15) is 20.2 Å². The fraction of sp³-hybridized carbons (Fsp3) is 0.524. The minimum atomic E-state index is -1.53. The molecule has 308 valence electrons. The van der Waals surface area contributed by atoms with Gasteiger partial charge in [0.15, 0.2) is 24.8 Å². The number of methoxy groups -OCH3 is 1. The van der Waals surface area contributed by atoms with Crippen LogP contribution < -0.4 is 0 Å². The summed E-state index contributed by atoms with van der Waals surface area (Å²) >= 11 is 0. The van der Waals surface area contributed by atoms with E-state index < -0.39 is 84.8 Å². The lowest BCUT2D eigenvalue weighted by Gasteiger charge is -2.48. The molecule has 0 aliphatic carbocycles. The number of esters is 2. The zero-order valence-corrected chi connectivity index (χ0v) is 33.1. The van der Waals surface area contributed by atoms with Gasteiger partial charge < -0.3 is 47.7 Å². The van der Waals surface area contributed by atoms with Crippen molar-refractivity contribution in [2.24, 2.45) is 10.5 Å². The van der Waals surface area contributed by atoms with Crippen LogP contribution in [0.4, 0.5) is 0 Å². The molecular formula is C42H53N3O12. The maximum Gasteiger partial charge on any atom is 0.337 e. The Labute approximate surface area is 333 Å². The van der Waals surface area contributed by atoms with Crippen LogP contribution in [-0.2, 0) is 72.0 Å². The number of hydrogen-bond acceptors (Lipinski definition) is 13. The summed E-state index contributed by atoms with van der Waals surface area (Å²) in [5.41, 5.74) is 11.3. The lowest BCUT2D eigenvalue weighted by Crippen LogP contribution is -2.66. The van der Waals surface area contributed by atoms with Gasteiger partial charge in [-0.3, -0.25) is 4.79 Å². The van der Waals surface area contributed by atoms with Gasteiger partial charge in [0.2, 0.25) is 0 Å². The molecule has 3 aromatic rings. The fourth-order valence-corrected chi connectivity index (χ4v) is 6.34. The molecule has 0 amide bonds. The standard InChI is InChI=1S/C42H53N3O12/c1-26(2)53-40-37(57-41(48)42(3,4)5)34(52-24-29-20-14-9-15-21-29)35(36(56-40)38(47)49-6)55-39-31(44-45-43)33(51-23-28-18-12-8-13-19-28)32(46)30(54-39)25-50-22-27-16-10-7-11-17-27/h7-21,26,30-37,39-40,46H,22-25H2,1-6H3/t30-,31-,32-,33-,34+,35+,36-,37-,39-,40?/m1/s1. The molecule has 1 unspecified atom stereocenters. The summed E-state index contributed by atoms with van der Waals surface area (Å²) in [6, 6.07) is 26.7. The third-order valence-electron chi connectivity index (χ3n) is 9.27. The van der Waals surface area contributed by atoms with Crippen molar-refractivity contribution in [1.29, 1.82) is 0 Å². The van der Waals surface area contributed by atoms with Crippen molar-refractivity contribution in [2.45, 2.75) is 122 Å². The Morgan fingerprint density at radius 2 is 1.33 bits per heavy atom. The van der Waals surface area contributed by atoms with Crippen molar-refractivity contribution in [3.63, 3.8) is 0 Å². The third-order valence-corrected chi connectivity index (χ3v) is 9.27. The van der Waals surface area contributed by atoms with Gasteiger partial charge in [0.05, 0.1) is 51.2 Å². The second kappa shape index (κ2) is 20.8. The zero-order valence-electron chi connectivity index (χ0n) is 33.1. The van der Waals surface area contributed by atoms with Gasteiger partial charge in [-0.1, -0.05) is 96.1 Å². The van der Waals surface area contributed by atoms with Gasteiger partial charge in [-0.15, -0.1) is 0 Å². The third kappa shape index (κ3) is 12.1. The first-order valence-corrected chi connectivity index (χ1v) is 18.9. The molecule has 15 nitrogen and oxygen atoms in total. The number of aliphatic hydroxyl groups excluding tert-OH is 1. The summed E-state index contributed by atoms with van der Waals surface area (Å²) < 4.78 is 55.6. The second-order valence-corrected chi connectivity index (χ2v) is 15.1. The van der Waals surface area contributed by atoms with Gasteiger partial charge in [0.25, 0.3) is 0 Å². The Balaban J connectivity index is 1.54. The summed E-state index contributed by atoms with van der Waals surface area (Å²) in [6.07, 6.45) is -12.3. The van der Waals surface area contributed by atoms with Crippen molar-refractivity contribution >= 4 is 11.9 Å². The maximum absolute atomic E-state index is 13.6. The van der Waals surface area contributed by atoms with Crippen LogP contribution in [0, 0.1) is 5.41 Å². The molecule has 2 fully saturated rings. The number of hydrogen-bond donors (Lipinski definition) is 1. The van der Waals surface area contributed by atoms with E-state index in [4.69, 9.17) is 42.6 Å². The van der Waals surface area contributed by atoms with Crippen LogP contribution in [0.2, 0.25) is 0 Å². The van der Waals surface area contributed by atoms with Crippen LogP contribution in [0.25, 0.3) is 10.4 Å².